The third-order valence-corrected chi connectivity index (χ3v) is 5.33. The molecular weight excluding hydrogens is 252 g/mol. The van der Waals surface area contributed by atoms with E-state index in [2.05, 4.69) is 61.8 Å². The largest absolute Gasteiger partial charge is 0.326 e. The van der Waals surface area contributed by atoms with Gasteiger partial charge in [0, 0.05) is 23.9 Å². The van der Waals surface area contributed by atoms with Crippen LogP contribution in [0.4, 0.5) is 0 Å². The minimum Gasteiger partial charge on any atom is -0.326 e. The molecule has 0 aliphatic carbocycles. The quantitative estimate of drug-likeness (QED) is 0.897. The number of thioether (sulfide) groups is 1. The third kappa shape index (κ3) is 3.53. The summed E-state index contributed by atoms with van der Waals surface area (Å²) in [7, 11) is 2.25. The van der Waals surface area contributed by atoms with E-state index in [-0.39, 0.29) is 6.04 Å². The van der Waals surface area contributed by atoms with Gasteiger partial charge in [0.1, 0.15) is 0 Å². The molecule has 0 saturated carbocycles. The second-order valence-corrected chi connectivity index (χ2v) is 6.76. The Balaban J connectivity index is 2.24. The Kier molecular flexibility index (Phi) is 5.31. The summed E-state index contributed by atoms with van der Waals surface area (Å²) in [6, 6.07) is 10.0. The second kappa shape index (κ2) is 6.78. The molecule has 3 atom stereocenters. The van der Waals surface area contributed by atoms with Gasteiger partial charge in [-0.2, -0.15) is 11.8 Å². The van der Waals surface area contributed by atoms with Crippen LogP contribution in [-0.4, -0.2) is 35.5 Å². The molecule has 3 unspecified atom stereocenters. The first-order chi connectivity index (χ1) is 9.13. The Labute approximate surface area is 121 Å². The SMILES string of the molecule is CCC(N)C(c1cccc(C)c1)N(C)C1CCSC1. The maximum Gasteiger partial charge on any atom is 0.0499 e. The fourth-order valence-corrected chi connectivity index (χ4v) is 4.21. The van der Waals surface area contributed by atoms with Crippen molar-refractivity contribution in [1.29, 1.82) is 0 Å². The van der Waals surface area contributed by atoms with E-state index in [4.69, 9.17) is 5.73 Å². The van der Waals surface area contributed by atoms with Crippen molar-refractivity contribution < 1.29 is 0 Å². The van der Waals surface area contributed by atoms with E-state index in [0.717, 1.165) is 6.42 Å². The Bertz CT molecular complexity index is 401. The maximum atomic E-state index is 6.42. The molecule has 1 heterocycles. The fourth-order valence-electron chi connectivity index (χ4n) is 2.93. The summed E-state index contributed by atoms with van der Waals surface area (Å²) in [6.07, 6.45) is 2.31. The highest BCUT2D eigenvalue weighted by Gasteiger charge is 2.30. The van der Waals surface area contributed by atoms with Crippen molar-refractivity contribution in [2.75, 3.05) is 18.6 Å². The molecule has 1 aliphatic heterocycles. The molecule has 3 heteroatoms. The van der Waals surface area contributed by atoms with Crippen LogP contribution in [0.25, 0.3) is 0 Å². The Hall–Kier alpha value is -0.510. The van der Waals surface area contributed by atoms with Gasteiger partial charge in [0.15, 0.2) is 0 Å². The lowest BCUT2D eigenvalue weighted by Crippen LogP contribution is -2.44. The van der Waals surface area contributed by atoms with Gasteiger partial charge in [-0.1, -0.05) is 36.8 Å². The molecule has 2 N–H and O–H groups in total. The number of rotatable bonds is 5. The normalized spacial score (nSPS) is 22.7. The molecule has 1 aliphatic rings. The van der Waals surface area contributed by atoms with Gasteiger partial charge >= 0.3 is 0 Å². The van der Waals surface area contributed by atoms with E-state index in [1.807, 2.05) is 0 Å². The maximum absolute atomic E-state index is 6.42. The molecule has 0 spiro atoms. The molecule has 2 nitrogen and oxygen atoms in total. The molecule has 0 bridgehead atoms. The monoisotopic (exact) mass is 278 g/mol. The summed E-state index contributed by atoms with van der Waals surface area (Å²) in [5.41, 5.74) is 9.11. The van der Waals surface area contributed by atoms with Crippen LogP contribution >= 0.6 is 11.8 Å². The van der Waals surface area contributed by atoms with Gasteiger partial charge in [0.05, 0.1) is 0 Å². The fraction of sp³-hybridized carbons (Fsp3) is 0.625. The second-order valence-electron chi connectivity index (χ2n) is 5.61. The standard InChI is InChI=1S/C16H26N2S/c1-4-15(17)16(13-7-5-6-12(2)10-13)18(3)14-8-9-19-11-14/h5-7,10,14-16H,4,8-9,11,17H2,1-3H3. The van der Waals surface area contributed by atoms with Crippen LogP contribution in [0.3, 0.4) is 0 Å². The van der Waals surface area contributed by atoms with Gasteiger partial charge in [-0.05, 0) is 38.1 Å². The first-order valence-electron chi connectivity index (χ1n) is 7.25. The van der Waals surface area contributed by atoms with Crippen molar-refractivity contribution in [3.8, 4) is 0 Å². The van der Waals surface area contributed by atoms with Crippen LogP contribution < -0.4 is 5.73 Å². The van der Waals surface area contributed by atoms with E-state index in [0.29, 0.717) is 12.1 Å². The van der Waals surface area contributed by atoms with Gasteiger partial charge in [-0.3, -0.25) is 4.90 Å². The van der Waals surface area contributed by atoms with Crippen molar-refractivity contribution in [1.82, 2.24) is 4.90 Å². The summed E-state index contributed by atoms with van der Waals surface area (Å²) in [6.45, 7) is 4.34. The highest BCUT2D eigenvalue weighted by Crippen LogP contribution is 2.31. The number of aryl methyl sites for hydroxylation is 1. The van der Waals surface area contributed by atoms with E-state index in [1.54, 1.807) is 0 Å². The smallest absolute Gasteiger partial charge is 0.0499 e. The molecule has 19 heavy (non-hydrogen) atoms. The molecule has 0 aromatic heterocycles. The van der Waals surface area contributed by atoms with Crippen molar-refractivity contribution in [3.05, 3.63) is 35.4 Å². The number of hydrogen-bond donors (Lipinski definition) is 1. The third-order valence-electron chi connectivity index (χ3n) is 4.18. The van der Waals surface area contributed by atoms with Gasteiger partial charge in [0.25, 0.3) is 0 Å². The lowest BCUT2D eigenvalue weighted by atomic mass is 9.94. The minimum absolute atomic E-state index is 0.206. The van der Waals surface area contributed by atoms with Crippen molar-refractivity contribution >= 4 is 11.8 Å². The van der Waals surface area contributed by atoms with Crippen molar-refractivity contribution in [2.45, 2.75) is 44.8 Å². The molecule has 1 aromatic rings. The Morgan fingerprint density at radius 3 is 2.84 bits per heavy atom. The number of nitrogens with two attached hydrogens (primary N) is 1. The van der Waals surface area contributed by atoms with E-state index < -0.39 is 0 Å². The lowest BCUT2D eigenvalue weighted by Gasteiger charge is -2.36. The molecule has 0 radical (unpaired) electrons. The summed E-state index contributed by atoms with van der Waals surface area (Å²) < 4.78 is 0. The topological polar surface area (TPSA) is 29.3 Å². The molecule has 1 aromatic carbocycles. The summed E-state index contributed by atoms with van der Waals surface area (Å²) >= 11 is 2.06. The molecule has 1 saturated heterocycles. The zero-order valence-corrected chi connectivity index (χ0v) is 13.1. The van der Waals surface area contributed by atoms with E-state index in [9.17, 15) is 0 Å². The van der Waals surface area contributed by atoms with Crippen LogP contribution in [0, 0.1) is 6.92 Å². The predicted molar refractivity (Wildman–Crippen MR) is 85.7 cm³/mol. The van der Waals surface area contributed by atoms with Crippen LogP contribution in [0.5, 0.6) is 0 Å². The summed E-state index contributed by atoms with van der Waals surface area (Å²) in [5.74, 6) is 2.53. The number of hydrogen-bond acceptors (Lipinski definition) is 3. The Morgan fingerprint density at radius 1 is 1.47 bits per heavy atom. The van der Waals surface area contributed by atoms with Gasteiger partial charge < -0.3 is 5.73 Å². The van der Waals surface area contributed by atoms with Crippen molar-refractivity contribution in [2.24, 2.45) is 5.73 Å². The van der Waals surface area contributed by atoms with E-state index in [1.165, 1.54) is 29.1 Å². The first kappa shape index (κ1) is 14.9. The highest BCUT2D eigenvalue weighted by molar-refractivity contribution is 7.99. The van der Waals surface area contributed by atoms with Gasteiger partial charge in [-0.25, -0.2) is 0 Å². The van der Waals surface area contributed by atoms with Crippen LogP contribution in [0.1, 0.15) is 36.9 Å². The number of benzene rings is 1. The number of likely N-dealkylation sites (N-methyl/N-ethyl adjacent to an activating group) is 1. The zero-order valence-electron chi connectivity index (χ0n) is 12.3. The number of nitrogens with zero attached hydrogens (tertiary/aromatic N) is 1. The zero-order chi connectivity index (χ0) is 13.8. The molecule has 1 fully saturated rings. The minimum atomic E-state index is 0.206. The van der Waals surface area contributed by atoms with E-state index >= 15 is 0 Å². The first-order valence-corrected chi connectivity index (χ1v) is 8.40. The van der Waals surface area contributed by atoms with Crippen LogP contribution in [0.15, 0.2) is 24.3 Å². The molecular formula is C16H26N2S. The average molecular weight is 278 g/mol. The molecule has 2 rings (SSSR count). The molecule has 106 valence electrons. The average Bonchev–Trinajstić information content (AvgIpc) is 2.92. The van der Waals surface area contributed by atoms with Crippen LogP contribution in [-0.2, 0) is 0 Å². The van der Waals surface area contributed by atoms with Gasteiger partial charge in [0.2, 0.25) is 0 Å². The predicted octanol–water partition coefficient (Wildman–Crippen LogP) is 3.21. The van der Waals surface area contributed by atoms with Crippen LogP contribution in [0.2, 0.25) is 0 Å². The molecule has 0 amide bonds. The Morgan fingerprint density at radius 2 is 2.26 bits per heavy atom. The van der Waals surface area contributed by atoms with Crippen molar-refractivity contribution in [3.63, 3.8) is 0 Å². The summed E-state index contributed by atoms with van der Waals surface area (Å²) in [5, 5.41) is 0. The lowest BCUT2D eigenvalue weighted by molar-refractivity contribution is 0.161. The highest BCUT2D eigenvalue weighted by atomic mass is 32.2. The van der Waals surface area contributed by atoms with Gasteiger partial charge in [-0.15, -0.1) is 0 Å². The summed E-state index contributed by atoms with van der Waals surface area (Å²) in [4.78, 5) is 2.52.